The Morgan fingerprint density at radius 1 is 1.08 bits per heavy atom. The van der Waals surface area contributed by atoms with Crippen LogP contribution in [-0.2, 0) is 10.0 Å². The number of H-pyrrole nitrogens is 1. The molecule has 7 nitrogen and oxygen atoms in total. The Labute approximate surface area is 156 Å². The van der Waals surface area contributed by atoms with Crippen molar-refractivity contribution in [1.82, 2.24) is 24.2 Å². The molecule has 9 heteroatoms. The number of halogens is 1. The molecule has 136 valence electrons. The second-order valence-corrected chi connectivity index (χ2v) is 8.65. The molecule has 0 aliphatic carbocycles. The Balaban J connectivity index is 1.62. The van der Waals surface area contributed by atoms with Gasteiger partial charge in [0, 0.05) is 37.9 Å². The van der Waals surface area contributed by atoms with Gasteiger partial charge in [-0.3, -0.25) is 0 Å². The summed E-state index contributed by atoms with van der Waals surface area (Å²) >= 11 is 6.14. The van der Waals surface area contributed by atoms with E-state index in [-0.39, 0.29) is 4.90 Å². The van der Waals surface area contributed by atoms with Crippen molar-refractivity contribution in [2.45, 2.75) is 4.90 Å². The summed E-state index contributed by atoms with van der Waals surface area (Å²) in [6.45, 7) is 2.50. The Morgan fingerprint density at radius 2 is 1.77 bits per heavy atom. The van der Waals surface area contributed by atoms with Crippen LogP contribution in [0.2, 0.25) is 5.02 Å². The molecular formula is C17H18ClN5O2S. The third-order valence-electron chi connectivity index (χ3n) is 4.57. The molecule has 0 radical (unpaired) electrons. The van der Waals surface area contributed by atoms with E-state index in [9.17, 15) is 8.42 Å². The highest BCUT2D eigenvalue weighted by molar-refractivity contribution is 7.89. The molecule has 2 aromatic heterocycles. The molecule has 0 atom stereocenters. The van der Waals surface area contributed by atoms with Crippen LogP contribution in [0.1, 0.15) is 0 Å². The van der Waals surface area contributed by atoms with Gasteiger partial charge in [-0.2, -0.15) is 4.31 Å². The van der Waals surface area contributed by atoms with Crippen molar-refractivity contribution >= 4 is 32.8 Å². The first-order valence-corrected chi connectivity index (χ1v) is 10.1. The van der Waals surface area contributed by atoms with Crippen molar-refractivity contribution in [3.05, 3.63) is 41.6 Å². The highest BCUT2D eigenvalue weighted by atomic mass is 35.5. The largest absolute Gasteiger partial charge is 0.335 e. The minimum absolute atomic E-state index is 0.290. The predicted octanol–water partition coefficient (Wildman–Crippen LogP) is 2.21. The van der Waals surface area contributed by atoms with E-state index in [0.29, 0.717) is 35.1 Å². The number of pyridine rings is 1. The van der Waals surface area contributed by atoms with Gasteiger partial charge in [-0.05, 0) is 37.4 Å². The number of piperazine rings is 1. The average Bonchev–Trinajstić information content (AvgIpc) is 3.08. The number of rotatable bonds is 3. The van der Waals surface area contributed by atoms with Crippen LogP contribution in [0.3, 0.4) is 0 Å². The fraction of sp³-hybridized carbons (Fsp3) is 0.294. The number of benzene rings is 1. The maximum atomic E-state index is 12.8. The smallest absolute Gasteiger partial charge is 0.243 e. The molecule has 1 aliphatic rings. The van der Waals surface area contributed by atoms with Crippen LogP contribution in [0, 0.1) is 0 Å². The van der Waals surface area contributed by atoms with Crippen LogP contribution in [0.4, 0.5) is 0 Å². The van der Waals surface area contributed by atoms with Crippen molar-refractivity contribution < 1.29 is 8.42 Å². The van der Waals surface area contributed by atoms with E-state index in [2.05, 4.69) is 19.9 Å². The number of fused-ring (bicyclic) bond motifs is 1. The highest BCUT2D eigenvalue weighted by Crippen LogP contribution is 2.26. The Bertz CT molecular complexity index is 1040. The molecular weight excluding hydrogens is 374 g/mol. The van der Waals surface area contributed by atoms with E-state index >= 15 is 0 Å². The molecule has 0 saturated carbocycles. The molecule has 0 amide bonds. The lowest BCUT2D eigenvalue weighted by atomic mass is 10.2. The molecule has 3 heterocycles. The topological polar surface area (TPSA) is 82.2 Å². The second-order valence-electron chi connectivity index (χ2n) is 6.31. The number of hydrogen-bond donors (Lipinski definition) is 1. The lowest BCUT2D eigenvalue weighted by Gasteiger charge is -2.31. The number of hydrogen-bond acceptors (Lipinski definition) is 5. The maximum Gasteiger partial charge on any atom is 0.243 e. The molecule has 1 aromatic carbocycles. The van der Waals surface area contributed by atoms with E-state index in [1.54, 1.807) is 36.5 Å². The zero-order chi connectivity index (χ0) is 18.3. The molecule has 4 rings (SSSR count). The molecule has 1 N–H and O–H groups in total. The summed E-state index contributed by atoms with van der Waals surface area (Å²) in [4.78, 5) is 14.1. The monoisotopic (exact) mass is 391 g/mol. The third-order valence-corrected chi connectivity index (χ3v) is 6.80. The van der Waals surface area contributed by atoms with E-state index in [1.165, 1.54) is 4.31 Å². The Morgan fingerprint density at radius 3 is 2.42 bits per heavy atom. The number of aromatic amines is 1. The number of imidazole rings is 1. The molecule has 26 heavy (non-hydrogen) atoms. The molecule has 1 aliphatic heterocycles. The van der Waals surface area contributed by atoms with Crippen LogP contribution < -0.4 is 0 Å². The van der Waals surface area contributed by atoms with Crippen LogP contribution in [0.5, 0.6) is 0 Å². The summed E-state index contributed by atoms with van der Waals surface area (Å²) in [6.07, 6.45) is 1.60. The first-order valence-electron chi connectivity index (χ1n) is 8.24. The van der Waals surface area contributed by atoms with Crippen molar-refractivity contribution in [2.24, 2.45) is 0 Å². The summed E-state index contributed by atoms with van der Waals surface area (Å²) < 4.78 is 27.1. The molecule has 1 saturated heterocycles. The first-order chi connectivity index (χ1) is 12.4. The van der Waals surface area contributed by atoms with Gasteiger partial charge < -0.3 is 9.88 Å². The Kier molecular flexibility index (Phi) is 4.44. The third kappa shape index (κ3) is 3.09. The highest BCUT2D eigenvalue weighted by Gasteiger charge is 2.27. The maximum absolute atomic E-state index is 12.8. The summed E-state index contributed by atoms with van der Waals surface area (Å²) in [7, 11) is -1.48. The van der Waals surface area contributed by atoms with Crippen LogP contribution in [0.25, 0.3) is 22.6 Å². The molecule has 0 spiro atoms. The molecule has 1 fully saturated rings. The van der Waals surface area contributed by atoms with Crippen molar-refractivity contribution in [3.8, 4) is 11.4 Å². The predicted molar refractivity (Wildman–Crippen MR) is 101 cm³/mol. The minimum atomic E-state index is -3.47. The average molecular weight is 392 g/mol. The minimum Gasteiger partial charge on any atom is -0.335 e. The van der Waals surface area contributed by atoms with Gasteiger partial charge in [0.2, 0.25) is 10.0 Å². The lowest BCUT2D eigenvalue weighted by molar-refractivity contribution is 0.222. The van der Waals surface area contributed by atoms with Crippen molar-refractivity contribution in [2.75, 3.05) is 33.2 Å². The van der Waals surface area contributed by atoms with Crippen LogP contribution in [-0.4, -0.2) is 65.8 Å². The van der Waals surface area contributed by atoms with Gasteiger partial charge in [-0.25, -0.2) is 18.4 Å². The molecule has 3 aromatic rings. The zero-order valence-electron chi connectivity index (χ0n) is 14.2. The van der Waals surface area contributed by atoms with Gasteiger partial charge in [0.25, 0.3) is 0 Å². The lowest BCUT2D eigenvalue weighted by Crippen LogP contribution is -2.46. The summed E-state index contributed by atoms with van der Waals surface area (Å²) in [5.74, 6) is 0.601. The van der Waals surface area contributed by atoms with Gasteiger partial charge in [-0.1, -0.05) is 11.6 Å². The van der Waals surface area contributed by atoms with Gasteiger partial charge >= 0.3 is 0 Å². The molecule has 0 unspecified atom stereocenters. The van der Waals surface area contributed by atoms with Crippen molar-refractivity contribution in [3.63, 3.8) is 0 Å². The van der Waals surface area contributed by atoms with Crippen LogP contribution in [0.15, 0.2) is 41.4 Å². The zero-order valence-corrected chi connectivity index (χ0v) is 15.8. The van der Waals surface area contributed by atoms with Gasteiger partial charge in [0.1, 0.15) is 11.3 Å². The van der Waals surface area contributed by atoms with Gasteiger partial charge in [0.05, 0.1) is 9.92 Å². The standard InChI is InChI=1S/C17H18ClN5O2S/c1-22-8-10-23(11-9-22)26(24,25)13-4-2-12(3-5-13)16-20-15-14(18)6-7-19-17(15)21-16/h2-7H,8-11H2,1H3,(H,19,20,21). The number of aromatic nitrogens is 3. The number of sulfonamides is 1. The number of likely N-dealkylation sites (N-methyl/N-ethyl adjacent to an activating group) is 1. The van der Waals surface area contributed by atoms with E-state index < -0.39 is 10.0 Å². The van der Waals surface area contributed by atoms with E-state index in [0.717, 1.165) is 18.7 Å². The summed E-state index contributed by atoms with van der Waals surface area (Å²) in [5, 5.41) is 0.544. The van der Waals surface area contributed by atoms with Crippen molar-refractivity contribution in [1.29, 1.82) is 0 Å². The number of nitrogens with zero attached hydrogens (tertiary/aromatic N) is 4. The SMILES string of the molecule is CN1CCN(S(=O)(=O)c2ccc(-c3nc4nccc(Cl)c4[nH]3)cc2)CC1. The normalized spacial score (nSPS) is 17.0. The summed E-state index contributed by atoms with van der Waals surface area (Å²) in [6, 6.07) is 8.41. The first kappa shape index (κ1) is 17.4. The van der Waals surface area contributed by atoms with E-state index in [1.807, 2.05) is 7.05 Å². The second kappa shape index (κ2) is 6.62. The quantitative estimate of drug-likeness (QED) is 0.740. The van der Waals surface area contributed by atoms with Gasteiger partial charge in [-0.15, -0.1) is 0 Å². The fourth-order valence-electron chi connectivity index (χ4n) is 2.98. The fourth-order valence-corrected chi connectivity index (χ4v) is 4.59. The molecule has 0 bridgehead atoms. The van der Waals surface area contributed by atoms with Crippen LogP contribution >= 0.6 is 11.6 Å². The van der Waals surface area contributed by atoms with E-state index in [4.69, 9.17) is 11.6 Å². The Hall–Kier alpha value is -2.00. The number of nitrogens with one attached hydrogen (secondary N) is 1. The van der Waals surface area contributed by atoms with Gasteiger partial charge in [0.15, 0.2) is 5.65 Å². The summed E-state index contributed by atoms with van der Waals surface area (Å²) in [5.41, 5.74) is 1.97.